The zero-order chi connectivity index (χ0) is 51.8. The van der Waals surface area contributed by atoms with Crippen LogP contribution in [0, 0.1) is 0 Å². The van der Waals surface area contributed by atoms with E-state index in [2.05, 4.69) is 313 Å². The largest absolute Gasteiger partial charge is 0.310 e. The van der Waals surface area contributed by atoms with Crippen LogP contribution in [-0.2, 0) is 0 Å². The number of hydrogen-bond acceptors (Lipinski definition) is 1. The molecule has 0 unspecified atom stereocenters. The van der Waals surface area contributed by atoms with Crippen molar-refractivity contribution in [1.82, 2.24) is 4.57 Å². The molecule has 14 rings (SSSR count). The summed E-state index contributed by atoms with van der Waals surface area (Å²) in [5, 5.41) is 4.99. The van der Waals surface area contributed by atoms with Crippen molar-refractivity contribution in [2.75, 3.05) is 4.90 Å². The molecule has 368 valence electrons. The molecule has 0 saturated carbocycles. The van der Waals surface area contributed by atoms with Crippen LogP contribution < -0.4 is 4.90 Å². The lowest BCUT2D eigenvalue weighted by Gasteiger charge is -2.26. The summed E-state index contributed by atoms with van der Waals surface area (Å²) >= 11 is 0. The van der Waals surface area contributed by atoms with Crippen LogP contribution in [0.25, 0.3) is 111 Å². The Labute approximate surface area is 456 Å². The molecule has 0 aliphatic heterocycles. The molecule has 0 bridgehead atoms. The Hall–Kier alpha value is -10.0. The Morgan fingerprint density at radius 1 is 0.295 bits per heavy atom. The summed E-state index contributed by atoms with van der Waals surface area (Å²) in [6, 6.07) is 105. The van der Waals surface area contributed by atoms with Gasteiger partial charge < -0.3 is 9.47 Å². The molecular formula is C76H54N2. The van der Waals surface area contributed by atoms with Gasteiger partial charge in [-0.15, -0.1) is 0 Å². The molecule has 13 aromatic rings. The number of fused-ring (bicyclic) bond motifs is 5. The number of benzene rings is 12. The predicted octanol–water partition coefficient (Wildman–Crippen LogP) is 21.1. The van der Waals surface area contributed by atoms with Crippen molar-refractivity contribution in [3.63, 3.8) is 0 Å². The van der Waals surface area contributed by atoms with Gasteiger partial charge in [-0.1, -0.05) is 206 Å². The second kappa shape index (κ2) is 20.3. The first kappa shape index (κ1) is 46.5. The maximum absolute atomic E-state index is 2.43. The SMILES string of the molecule is C1=CC(c2cc(-c3ccccc3)cc(-c3ccc(N(c4ccc(-c5cc(-c6ccccc6)cc(-c6ccccc6)c5)cc4)c4cccc(-c5cccc6c5c5c7ccccc7ccc5n6-c5ccccc5)c4)cc3)c2)=CCC1. The van der Waals surface area contributed by atoms with Crippen LogP contribution in [0.5, 0.6) is 0 Å². The minimum absolute atomic E-state index is 1.06. The molecule has 0 radical (unpaired) electrons. The van der Waals surface area contributed by atoms with Crippen LogP contribution >= 0.6 is 0 Å². The van der Waals surface area contributed by atoms with Gasteiger partial charge in [0.25, 0.3) is 0 Å². The van der Waals surface area contributed by atoms with Gasteiger partial charge in [0.15, 0.2) is 0 Å². The summed E-state index contributed by atoms with van der Waals surface area (Å²) in [5.74, 6) is 0. The molecule has 1 aromatic heterocycles. The lowest BCUT2D eigenvalue weighted by molar-refractivity contribution is 1.04. The lowest BCUT2D eigenvalue weighted by Crippen LogP contribution is -2.10. The third kappa shape index (κ3) is 8.79. The van der Waals surface area contributed by atoms with Crippen LogP contribution in [0.15, 0.2) is 303 Å². The first-order valence-electron chi connectivity index (χ1n) is 27.1. The Kier molecular flexibility index (Phi) is 12.1. The van der Waals surface area contributed by atoms with E-state index in [1.165, 1.54) is 99.3 Å². The molecule has 2 heteroatoms. The van der Waals surface area contributed by atoms with Crippen LogP contribution in [0.2, 0.25) is 0 Å². The van der Waals surface area contributed by atoms with Gasteiger partial charge in [0.2, 0.25) is 0 Å². The van der Waals surface area contributed by atoms with Gasteiger partial charge in [-0.2, -0.15) is 0 Å². The lowest BCUT2D eigenvalue weighted by atomic mass is 9.91. The van der Waals surface area contributed by atoms with Crippen LogP contribution in [-0.4, -0.2) is 4.57 Å². The van der Waals surface area contributed by atoms with E-state index in [-0.39, 0.29) is 0 Å². The Bertz CT molecular complexity index is 4320. The van der Waals surface area contributed by atoms with Crippen molar-refractivity contribution in [3.8, 4) is 72.4 Å². The average molecular weight is 995 g/mol. The molecule has 0 amide bonds. The van der Waals surface area contributed by atoms with Gasteiger partial charge in [-0.25, -0.2) is 0 Å². The van der Waals surface area contributed by atoms with E-state index in [4.69, 9.17) is 0 Å². The van der Waals surface area contributed by atoms with Crippen molar-refractivity contribution in [3.05, 3.63) is 309 Å². The van der Waals surface area contributed by atoms with Crippen LogP contribution in [0.1, 0.15) is 18.4 Å². The summed E-state index contributed by atoms with van der Waals surface area (Å²) < 4.78 is 2.43. The van der Waals surface area contributed by atoms with E-state index in [0.29, 0.717) is 0 Å². The minimum Gasteiger partial charge on any atom is -0.310 e. The number of aromatic nitrogens is 1. The number of allylic oxidation sites excluding steroid dienone is 4. The van der Waals surface area contributed by atoms with Gasteiger partial charge >= 0.3 is 0 Å². The second-order valence-electron chi connectivity index (χ2n) is 20.4. The zero-order valence-electron chi connectivity index (χ0n) is 43.2. The summed E-state index contributed by atoms with van der Waals surface area (Å²) in [6.07, 6.45) is 9.09. The summed E-state index contributed by atoms with van der Waals surface area (Å²) in [7, 11) is 0. The smallest absolute Gasteiger partial charge is 0.0547 e. The maximum atomic E-state index is 2.43. The van der Waals surface area contributed by atoms with Crippen molar-refractivity contribution in [2.45, 2.75) is 12.8 Å². The normalized spacial score (nSPS) is 12.3. The molecule has 0 N–H and O–H groups in total. The molecule has 12 aromatic carbocycles. The van der Waals surface area contributed by atoms with Crippen molar-refractivity contribution < 1.29 is 0 Å². The fraction of sp³-hybridized carbons (Fsp3) is 0.0263. The highest BCUT2D eigenvalue weighted by molar-refractivity contribution is 6.25. The second-order valence-corrected chi connectivity index (χ2v) is 20.4. The van der Waals surface area contributed by atoms with Gasteiger partial charge in [-0.05, 0) is 199 Å². The summed E-state index contributed by atoms with van der Waals surface area (Å²) in [4.78, 5) is 2.42. The van der Waals surface area contributed by atoms with Gasteiger partial charge in [0, 0.05) is 33.5 Å². The molecule has 1 aliphatic carbocycles. The monoisotopic (exact) mass is 994 g/mol. The summed E-state index contributed by atoms with van der Waals surface area (Å²) in [6.45, 7) is 0. The average Bonchev–Trinajstić information content (AvgIpc) is 3.96. The first-order chi connectivity index (χ1) is 38.7. The van der Waals surface area contributed by atoms with Crippen molar-refractivity contribution in [2.24, 2.45) is 0 Å². The third-order valence-electron chi connectivity index (χ3n) is 15.5. The molecule has 0 saturated heterocycles. The summed E-state index contributed by atoms with van der Waals surface area (Å²) in [5.41, 5.74) is 23.5. The number of para-hydroxylation sites is 1. The number of rotatable bonds is 11. The predicted molar refractivity (Wildman–Crippen MR) is 332 cm³/mol. The molecule has 1 heterocycles. The Morgan fingerprint density at radius 3 is 1.32 bits per heavy atom. The molecule has 0 atom stereocenters. The third-order valence-corrected chi connectivity index (χ3v) is 15.5. The standard InChI is InChI=1S/C76H54N2/c1-6-20-53(21-7-1)61-46-62(54-22-8-2-9-23-54)49-65(48-61)57-36-41-68(42-37-57)77(69-43-38-58(39-44-69)66-50-63(55-24-10-3-11-25-55)47-64(51-66)56-26-12-4-13-27-56)70-32-18-29-60(52-70)72-34-19-35-73-76(72)75-71-33-17-16-28-59(71)40-45-74(75)78(73)67-30-14-5-15-31-67/h1-3,5-12,14-52H,4,13H2. The van der Waals surface area contributed by atoms with E-state index in [9.17, 15) is 0 Å². The van der Waals surface area contributed by atoms with Crippen LogP contribution in [0.4, 0.5) is 17.1 Å². The fourth-order valence-electron chi connectivity index (χ4n) is 11.8. The van der Waals surface area contributed by atoms with Gasteiger partial charge in [-0.3, -0.25) is 0 Å². The van der Waals surface area contributed by atoms with E-state index in [1.807, 2.05) is 0 Å². The topological polar surface area (TPSA) is 8.17 Å². The van der Waals surface area contributed by atoms with Crippen molar-refractivity contribution in [1.29, 1.82) is 0 Å². The Morgan fingerprint density at radius 2 is 0.769 bits per heavy atom. The van der Waals surface area contributed by atoms with Crippen molar-refractivity contribution >= 4 is 55.2 Å². The fourth-order valence-corrected chi connectivity index (χ4v) is 11.8. The van der Waals surface area contributed by atoms with E-state index >= 15 is 0 Å². The zero-order valence-corrected chi connectivity index (χ0v) is 43.2. The van der Waals surface area contributed by atoms with E-state index < -0.39 is 0 Å². The van der Waals surface area contributed by atoms with E-state index in [1.54, 1.807) is 0 Å². The highest BCUT2D eigenvalue weighted by Crippen LogP contribution is 2.45. The number of anilines is 3. The highest BCUT2D eigenvalue weighted by atomic mass is 15.1. The first-order valence-corrected chi connectivity index (χ1v) is 27.1. The molecule has 1 aliphatic rings. The highest BCUT2D eigenvalue weighted by Gasteiger charge is 2.21. The number of nitrogens with zero attached hydrogens (tertiary/aromatic N) is 2. The molecule has 0 spiro atoms. The number of hydrogen-bond donors (Lipinski definition) is 0. The Balaban J connectivity index is 0.920. The van der Waals surface area contributed by atoms with Gasteiger partial charge in [0.05, 0.1) is 11.0 Å². The molecule has 2 nitrogen and oxygen atoms in total. The van der Waals surface area contributed by atoms with Gasteiger partial charge in [0.1, 0.15) is 0 Å². The quantitative estimate of drug-likeness (QED) is 0.125. The minimum atomic E-state index is 1.06. The molecule has 0 fully saturated rings. The van der Waals surface area contributed by atoms with Crippen LogP contribution in [0.3, 0.4) is 0 Å². The molecular weight excluding hydrogens is 941 g/mol. The molecule has 78 heavy (non-hydrogen) atoms. The van der Waals surface area contributed by atoms with E-state index in [0.717, 1.165) is 46.7 Å². The maximum Gasteiger partial charge on any atom is 0.0547 e.